The van der Waals surface area contributed by atoms with Crippen LogP contribution in [0.3, 0.4) is 0 Å². The van der Waals surface area contributed by atoms with Crippen molar-refractivity contribution in [3.05, 3.63) is 59.2 Å². The van der Waals surface area contributed by atoms with Gasteiger partial charge in [0.2, 0.25) is 5.91 Å². The van der Waals surface area contributed by atoms with Gasteiger partial charge in [0.1, 0.15) is 0 Å². The molecule has 4 rings (SSSR count). The third kappa shape index (κ3) is 8.94. The molecule has 9 heteroatoms. The number of nitriles is 1. The number of benzene rings is 2. The van der Waals surface area contributed by atoms with Crippen molar-refractivity contribution in [3.8, 4) is 17.6 Å². The molecule has 1 N–H and O–H groups in total. The maximum absolute atomic E-state index is 13.8. The topological polar surface area (TPSA) is 104 Å². The molecule has 1 unspecified atom stereocenters. The van der Waals surface area contributed by atoms with E-state index < -0.39 is 0 Å². The Morgan fingerprint density at radius 3 is 2.47 bits per heavy atom. The van der Waals surface area contributed by atoms with Crippen LogP contribution in [-0.4, -0.2) is 86.3 Å². The number of ether oxygens (including phenoxy) is 3. The minimum Gasteiger partial charge on any atom is -0.493 e. The Morgan fingerprint density at radius 1 is 1.02 bits per heavy atom. The van der Waals surface area contributed by atoms with Crippen LogP contribution in [0.15, 0.2) is 42.5 Å². The van der Waals surface area contributed by atoms with E-state index >= 15 is 0 Å². The van der Waals surface area contributed by atoms with Crippen LogP contribution in [0.1, 0.15) is 73.9 Å². The SMILES string of the molecule is COCCCOc1cc(C(=O)N(C(C)C)[C@@H]2CCC(CCN(C(=O)Cc3cccc(C#N)c3)C3CC3)NC2)ccc1OC. The van der Waals surface area contributed by atoms with E-state index in [1.165, 1.54) is 0 Å². The molecule has 232 valence electrons. The molecule has 0 spiro atoms. The lowest BCUT2D eigenvalue weighted by molar-refractivity contribution is -0.131. The minimum atomic E-state index is -0.0179. The second-order valence-electron chi connectivity index (χ2n) is 11.8. The Bertz CT molecular complexity index is 1260. The molecule has 1 saturated heterocycles. The molecular weight excluding hydrogens is 544 g/mol. The first-order valence-electron chi connectivity index (χ1n) is 15.5. The maximum atomic E-state index is 13.8. The van der Waals surface area contributed by atoms with Gasteiger partial charge in [-0.15, -0.1) is 0 Å². The number of amides is 2. The summed E-state index contributed by atoms with van der Waals surface area (Å²) in [4.78, 5) is 31.0. The summed E-state index contributed by atoms with van der Waals surface area (Å²) in [5.41, 5.74) is 2.04. The maximum Gasteiger partial charge on any atom is 0.254 e. The molecule has 2 atom stereocenters. The van der Waals surface area contributed by atoms with E-state index in [1.807, 2.05) is 21.9 Å². The van der Waals surface area contributed by atoms with E-state index in [0.717, 1.165) is 50.6 Å². The van der Waals surface area contributed by atoms with Crippen LogP contribution in [0, 0.1) is 11.3 Å². The zero-order chi connectivity index (χ0) is 30.8. The fourth-order valence-electron chi connectivity index (χ4n) is 5.88. The largest absolute Gasteiger partial charge is 0.493 e. The van der Waals surface area contributed by atoms with Gasteiger partial charge in [0.15, 0.2) is 11.5 Å². The molecule has 1 aliphatic heterocycles. The summed E-state index contributed by atoms with van der Waals surface area (Å²) in [6.45, 7) is 6.62. The van der Waals surface area contributed by atoms with Gasteiger partial charge in [0.25, 0.3) is 5.91 Å². The second-order valence-corrected chi connectivity index (χ2v) is 11.8. The lowest BCUT2D eigenvalue weighted by atomic mass is 9.95. The standard InChI is InChI=1S/C34H46N4O5/c1-24(2)38(34(40)27-9-14-31(42-4)32(21-27)43-18-6-17-41-3)30-11-10-28(36-23-30)15-16-37(29-12-13-29)33(39)20-25-7-5-8-26(19-25)22-35/h5,7-9,14,19,21,24,28-30,36H,6,10-13,15-18,20,23H2,1-4H3/t28?,30-/m1/s1. The fourth-order valence-corrected chi connectivity index (χ4v) is 5.88. The molecular formula is C34H46N4O5. The van der Waals surface area contributed by atoms with E-state index in [2.05, 4.69) is 25.2 Å². The van der Waals surface area contributed by atoms with Crippen molar-refractivity contribution in [2.24, 2.45) is 0 Å². The summed E-state index contributed by atoms with van der Waals surface area (Å²) in [6.07, 6.45) is 5.90. The summed E-state index contributed by atoms with van der Waals surface area (Å²) < 4.78 is 16.5. The Balaban J connectivity index is 1.32. The van der Waals surface area contributed by atoms with Crippen LogP contribution in [0.5, 0.6) is 11.5 Å². The normalized spacial score (nSPS) is 18.1. The molecule has 2 fully saturated rings. The molecule has 2 amide bonds. The molecule has 1 aliphatic carbocycles. The summed E-state index contributed by atoms with van der Waals surface area (Å²) in [6, 6.07) is 15.6. The number of nitrogens with one attached hydrogen (secondary N) is 1. The second kappa shape index (κ2) is 15.7. The summed E-state index contributed by atoms with van der Waals surface area (Å²) in [7, 11) is 3.25. The summed E-state index contributed by atoms with van der Waals surface area (Å²) in [5, 5.41) is 12.9. The van der Waals surface area contributed by atoms with Crippen LogP contribution >= 0.6 is 0 Å². The van der Waals surface area contributed by atoms with Gasteiger partial charge < -0.3 is 29.3 Å². The van der Waals surface area contributed by atoms with Crippen molar-refractivity contribution < 1.29 is 23.8 Å². The number of piperidine rings is 1. The molecule has 2 aromatic rings. The first kappa shape index (κ1) is 32.3. The van der Waals surface area contributed by atoms with Crippen molar-refractivity contribution in [3.63, 3.8) is 0 Å². The Kier molecular flexibility index (Phi) is 11.8. The smallest absolute Gasteiger partial charge is 0.254 e. The van der Waals surface area contributed by atoms with E-state index in [-0.39, 0.29) is 23.9 Å². The number of carbonyl (C=O) groups is 2. The van der Waals surface area contributed by atoms with Gasteiger partial charge in [-0.3, -0.25) is 9.59 Å². The van der Waals surface area contributed by atoms with Crippen molar-refractivity contribution in [1.29, 1.82) is 5.26 Å². The molecule has 0 aromatic heterocycles. The van der Waals surface area contributed by atoms with Gasteiger partial charge >= 0.3 is 0 Å². The fraction of sp³-hybridized carbons (Fsp3) is 0.559. The summed E-state index contributed by atoms with van der Waals surface area (Å²) >= 11 is 0. The van der Waals surface area contributed by atoms with Crippen LogP contribution in [0.25, 0.3) is 0 Å². The molecule has 2 aromatic carbocycles. The van der Waals surface area contributed by atoms with Gasteiger partial charge in [0.05, 0.1) is 31.8 Å². The Hall–Kier alpha value is -3.61. The van der Waals surface area contributed by atoms with Gasteiger partial charge in [-0.25, -0.2) is 0 Å². The highest BCUT2D eigenvalue weighted by molar-refractivity contribution is 5.95. The molecule has 43 heavy (non-hydrogen) atoms. The van der Waals surface area contributed by atoms with Crippen molar-refractivity contribution in [2.75, 3.05) is 40.5 Å². The third-order valence-corrected chi connectivity index (χ3v) is 8.27. The number of methoxy groups -OCH3 is 2. The van der Waals surface area contributed by atoms with Crippen molar-refractivity contribution in [2.45, 2.75) is 83.0 Å². The number of rotatable bonds is 15. The van der Waals surface area contributed by atoms with E-state index in [1.54, 1.807) is 44.6 Å². The first-order chi connectivity index (χ1) is 20.8. The highest BCUT2D eigenvalue weighted by Gasteiger charge is 2.34. The van der Waals surface area contributed by atoms with Gasteiger partial charge in [-0.2, -0.15) is 5.26 Å². The average molecular weight is 591 g/mol. The summed E-state index contributed by atoms with van der Waals surface area (Å²) in [5.74, 6) is 1.27. The van der Waals surface area contributed by atoms with Crippen LogP contribution < -0.4 is 14.8 Å². The highest BCUT2D eigenvalue weighted by Crippen LogP contribution is 2.31. The highest BCUT2D eigenvalue weighted by atomic mass is 16.5. The van der Waals surface area contributed by atoms with E-state index in [9.17, 15) is 14.9 Å². The van der Waals surface area contributed by atoms with Crippen LogP contribution in [0.4, 0.5) is 0 Å². The zero-order valence-corrected chi connectivity index (χ0v) is 26.0. The van der Waals surface area contributed by atoms with Gasteiger partial charge in [-0.1, -0.05) is 12.1 Å². The Labute approximate surface area is 256 Å². The molecule has 1 saturated carbocycles. The van der Waals surface area contributed by atoms with E-state index in [4.69, 9.17) is 14.2 Å². The minimum absolute atomic E-state index is 0.0179. The van der Waals surface area contributed by atoms with Crippen molar-refractivity contribution in [1.82, 2.24) is 15.1 Å². The van der Waals surface area contributed by atoms with Gasteiger partial charge in [0, 0.05) is 63.0 Å². The Morgan fingerprint density at radius 2 is 1.81 bits per heavy atom. The van der Waals surface area contributed by atoms with Crippen LogP contribution in [-0.2, 0) is 16.0 Å². The van der Waals surface area contributed by atoms with Crippen molar-refractivity contribution >= 4 is 11.8 Å². The molecule has 2 aliphatic rings. The predicted molar refractivity (Wildman–Crippen MR) is 165 cm³/mol. The molecule has 0 radical (unpaired) electrons. The van der Waals surface area contributed by atoms with E-state index in [0.29, 0.717) is 60.9 Å². The molecule has 0 bridgehead atoms. The quantitative estimate of drug-likeness (QED) is 0.303. The number of nitrogens with zero attached hydrogens (tertiary/aromatic N) is 3. The number of hydrogen-bond donors (Lipinski definition) is 1. The lowest BCUT2D eigenvalue weighted by Crippen LogP contribution is -2.54. The molecule has 1 heterocycles. The third-order valence-electron chi connectivity index (χ3n) is 8.27. The first-order valence-corrected chi connectivity index (χ1v) is 15.5. The zero-order valence-electron chi connectivity index (χ0n) is 26.0. The monoisotopic (exact) mass is 590 g/mol. The van der Waals surface area contributed by atoms with Gasteiger partial charge in [-0.05, 0) is 81.8 Å². The number of carbonyl (C=O) groups excluding carboxylic acids is 2. The van der Waals surface area contributed by atoms with Crippen LogP contribution in [0.2, 0.25) is 0 Å². The predicted octanol–water partition coefficient (Wildman–Crippen LogP) is 4.58. The number of hydrogen-bond acceptors (Lipinski definition) is 7. The molecule has 9 nitrogen and oxygen atoms in total. The lowest BCUT2D eigenvalue weighted by Gasteiger charge is -2.40. The average Bonchev–Trinajstić information content (AvgIpc) is 3.85.